The molecule has 13 rings (SSSR count). The SMILES string of the molecule is C1=C(c2ccccc2)N=C(c2cccc(-c3c(-c4ccccc4)c(-c4ccccc4)nc(-c4ccccc4)c3-c3ccccc3)c2)NC1c1ccc(-c2ccc3c4ccccc4c4ccccc4c3c2)cc1. The van der Waals surface area contributed by atoms with Gasteiger partial charge in [0, 0.05) is 33.4 Å². The first-order valence-corrected chi connectivity index (χ1v) is 24.7. The summed E-state index contributed by atoms with van der Waals surface area (Å²) in [5.41, 5.74) is 17.0. The van der Waals surface area contributed by atoms with E-state index >= 15 is 0 Å². The van der Waals surface area contributed by atoms with Crippen molar-refractivity contribution >= 4 is 43.9 Å². The number of fused-ring (bicyclic) bond motifs is 6. The number of aliphatic imine (C=N–C) groups is 1. The fourth-order valence-corrected chi connectivity index (χ4v) is 10.7. The van der Waals surface area contributed by atoms with Crippen molar-refractivity contribution in [1.29, 1.82) is 0 Å². The van der Waals surface area contributed by atoms with Crippen LogP contribution < -0.4 is 5.32 Å². The smallest absolute Gasteiger partial charge is 0.134 e. The summed E-state index contributed by atoms with van der Waals surface area (Å²) in [7, 11) is 0. The van der Waals surface area contributed by atoms with Crippen molar-refractivity contribution in [2.75, 3.05) is 0 Å². The van der Waals surface area contributed by atoms with Gasteiger partial charge in [0.05, 0.1) is 23.1 Å². The fourth-order valence-electron chi connectivity index (χ4n) is 10.7. The van der Waals surface area contributed by atoms with Crippen molar-refractivity contribution in [2.24, 2.45) is 4.99 Å². The van der Waals surface area contributed by atoms with E-state index in [9.17, 15) is 0 Å². The van der Waals surface area contributed by atoms with Crippen LogP contribution in [-0.4, -0.2) is 10.8 Å². The van der Waals surface area contributed by atoms with Crippen LogP contribution in [0.15, 0.2) is 278 Å². The van der Waals surface area contributed by atoms with E-state index in [2.05, 4.69) is 278 Å². The minimum Gasteiger partial charge on any atom is -0.359 e. The number of rotatable bonds is 9. The Bertz CT molecular complexity index is 3880. The van der Waals surface area contributed by atoms with Crippen LogP contribution in [0.25, 0.3) is 105 Å². The van der Waals surface area contributed by atoms with Gasteiger partial charge in [0.1, 0.15) is 5.84 Å². The van der Waals surface area contributed by atoms with Gasteiger partial charge in [0.25, 0.3) is 0 Å². The molecule has 1 N–H and O–H groups in total. The van der Waals surface area contributed by atoms with Crippen molar-refractivity contribution in [1.82, 2.24) is 10.3 Å². The maximum absolute atomic E-state index is 5.67. The van der Waals surface area contributed by atoms with Crippen molar-refractivity contribution < 1.29 is 0 Å². The lowest BCUT2D eigenvalue weighted by atomic mass is 9.83. The summed E-state index contributed by atoms with van der Waals surface area (Å²) in [6.07, 6.45) is 2.26. The maximum Gasteiger partial charge on any atom is 0.134 e. The molecule has 0 amide bonds. The number of benzene rings is 11. The molecule has 11 aromatic carbocycles. The monoisotopic (exact) mass is 917 g/mol. The molecule has 0 fully saturated rings. The van der Waals surface area contributed by atoms with E-state index in [1.807, 2.05) is 0 Å². The first-order chi connectivity index (χ1) is 35.7. The van der Waals surface area contributed by atoms with Crippen LogP contribution in [0.2, 0.25) is 0 Å². The summed E-state index contributed by atoms with van der Waals surface area (Å²) in [6.45, 7) is 0. The molecule has 1 aliphatic rings. The highest BCUT2D eigenvalue weighted by molar-refractivity contribution is 6.25. The predicted molar refractivity (Wildman–Crippen MR) is 303 cm³/mol. The van der Waals surface area contributed by atoms with E-state index in [0.29, 0.717) is 0 Å². The van der Waals surface area contributed by atoms with E-state index in [-0.39, 0.29) is 6.04 Å². The summed E-state index contributed by atoms with van der Waals surface area (Å²) in [5.74, 6) is 0.809. The second kappa shape index (κ2) is 18.5. The fraction of sp³-hybridized carbons (Fsp3) is 0.0145. The Morgan fingerprint density at radius 2 is 0.694 bits per heavy atom. The Balaban J connectivity index is 0.947. The summed E-state index contributed by atoms with van der Waals surface area (Å²) in [6, 6.07) is 95.4. The molecule has 3 nitrogen and oxygen atoms in total. The number of amidine groups is 1. The lowest BCUT2D eigenvalue weighted by Gasteiger charge is -2.26. The number of hydrogen-bond acceptors (Lipinski definition) is 3. The molecule has 0 saturated heterocycles. The van der Waals surface area contributed by atoms with Crippen LogP contribution in [-0.2, 0) is 0 Å². The Kier molecular flexibility index (Phi) is 10.9. The molecule has 0 radical (unpaired) electrons. The van der Waals surface area contributed by atoms with Gasteiger partial charge in [-0.3, -0.25) is 0 Å². The highest BCUT2D eigenvalue weighted by atomic mass is 15.0. The second-order valence-corrected chi connectivity index (χ2v) is 18.5. The zero-order valence-electron chi connectivity index (χ0n) is 39.5. The van der Waals surface area contributed by atoms with Gasteiger partial charge < -0.3 is 5.32 Å². The van der Waals surface area contributed by atoms with Gasteiger partial charge in [-0.05, 0) is 89.5 Å². The number of aromatic nitrogens is 1. The molecule has 338 valence electrons. The third-order valence-electron chi connectivity index (χ3n) is 14.1. The number of hydrogen-bond donors (Lipinski definition) is 1. The number of nitrogens with one attached hydrogen (secondary N) is 1. The van der Waals surface area contributed by atoms with Crippen molar-refractivity contribution in [3.8, 4) is 67.0 Å². The van der Waals surface area contributed by atoms with Crippen molar-refractivity contribution in [2.45, 2.75) is 6.04 Å². The molecule has 0 spiro atoms. The standard InChI is InChI=1S/C69H47N3/c1-6-21-47(22-7-1)62-45-63(48-39-37-46(38-40-48)53-41-42-60-58-35-17-16-33-56(58)57-34-18-19-36-59(57)61(60)44-53)71-69(70-62)55-32-20-31-54(43-55)64-65(49-23-8-2-9-24-49)67(51-27-12-4-13-28-51)72-68(52-29-14-5-15-30-52)66(64)50-25-10-3-11-26-50/h1-45,63H,(H,70,71). The molecule has 2 heterocycles. The molecular weight excluding hydrogens is 871 g/mol. The minimum absolute atomic E-state index is 0.146. The quantitative estimate of drug-likeness (QED) is 0.147. The second-order valence-electron chi connectivity index (χ2n) is 18.5. The maximum atomic E-state index is 5.67. The molecule has 0 aliphatic carbocycles. The van der Waals surface area contributed by atoms with Crippen LogP contribution in [0.4, 0.5) is 0 Å². The van der Waals surface area contributed by atoms with E-state index in [4.69, 9.17) is 9.98 Å². The average Bonchev–Trinajstić information content (AvgIpc) is 3.47. The van der Waals surface area contributed by atoms with Crippen LogP contribution in [0, 0.1) is 0 Å². The van der Waals surface area contributed by atoms with Gasteiger partial charge in [-0.15, -0.1) is 0 Å². The van der Waals surface area contributed by atoms with E-state index in [0.717, 1.165) is 84.1 Å². The molecule has 1 atom stereocenters. The van der Waals surface area contributed by atoms with Crippen LogP contribution >= 0.6 is 0 Å². The van der Waals surface area contributed by atoms with Crippen LogP contribution in [0.5, 0.6) is 0 Å². The van der Waals surface area contributed by atoms with Crippen LogP contribution in [0.1, 0.15) is 22.7 Å². The number of nitrogens with zero attached hydrogens (tertiary/aromatic N) is 2. The lowest BCUT2D eigenvalue weighted by Crippen LogP contribution is -2.31. The molecule has 0 bridgehead atoms. The van der Waals surface area contributed by atoms with Gasteiger partial charge in [-0.25, -0.2) is 9.98 Å². The lowest BCUT2D eigenvalue weighted by molar-refractivity contribution is 0.781. The van der Waals surface area contributed by atoms with Gasteiger partial charge in [-0.1, -0.05) is 255 Å². The summed E-state index contributed by atoms with van der Waals surface area (Å²) in [4.78, 5) is 11.1. The van der Waals surface area contributed by atoms with Crippen LogP contribution in [0.3, 0.4) is 0 Å². The molecule has 1 aromatic heterocycles. The first kappa shape index (κ1) is 42.6. The van der Waals surface area contributed by atoms with E-state index in [1.165, 1.54) is 43.4 Å². The van der Waals surface area contributed by atoms with Crippen molar-refractivity contribution in [3.05, 3.63) is 290 Å². The van der Waals surface area contributed by atoms with Gasteiger partial charge >= 0.3 is 0 Å². The van der Waals surface area contributed by atoms with E-state index in [1.54, 1.807) is 0 Å². The zero-order chi connectivity index (χ0) is 47.8. The number of pyridine rings is 1. The Hall–Kier alpha value is -9.44. The first-order valence-electron chi connectivity index (χ1n) is 24.7. The molecule has 1 unspecified atom stereocenters. The Morgan fingerprint density at radius 1 is 0.278 bits per heavy atom. The largest absolute Gasteiger partial charge is 0.359 e. The minimum atomic E-state index is -0.146. The molecule has 72 heavy (non-hydrogen) atoms. The topological polar surface area (TPSA) is 37.3 Å². The molecule has 12 aromatic rings. The van der Waals surface area contributed by atoms with Gasteiger partial charge in [0.15, 0.2) is 0 Å². The predicted octanol–water partition coefficient (Wildman–Crippen LogP) is 17.7. The third-order valence-corrected chi connectivity index (χ3v) is 14.1. The summed E-state index contributed by atoms with van der Waals surface area (Å²) < 4.78 is 0. The molecule has 1 aliphatic heterocycles. The van der Waals surface area contributed by atoms with Crippen molar-refractivity contribution in [3.63, 3.8) is 0 Å². The molecule has 3 heteroatoms. The van der Waals surface area contributed by atoms with E-state index < -0.39 is 0 Å². The molecule has 0 saturated carbocycles. The van der Waals surface area contributed by atoms with Gasteiger partial charge in [-0.2, -0.15) is 0 Å². The highest BCUT2D eigenvalue weighted by Crippen LogP contribution is 2.49. The Labute approximate surface area is 419 Å². The molecular formula is C69H47N3. The average molecular weight is 918 g/mol. The third kappa shape index (κ3) is 7.84. The normalized spacial score (nSPS) is 13.4. The highest BCUT2D eigenvalue weighted by Gasteiger charge is 2.27. The van der Waals surface area contributed by atoms with Gasteiger partial charge in [0.2, 0.25) is 0 Å². The summed E-state index contributed by atoms with van der Waals surface area (Å²) >= 11 is 0. The zero-order valence-corrected chi connectivity index (χ0v) is 39.5. The summed E-state index contributed by atoms with van der Waals surface area (Å²) in [5, 5.41) is 11.6. The Morgan fingerprint density at radius 3 is 1.22 bits per heavy atom.